The second kappa shape index (κ2) is 9.40. The van der Waals surface area contributed by atoms with E-state index in [-0.39, 0.29) is 17.7 Å². The van der Waals surface area contributed by atoms with Crippen LogP contribution >= 0.6 is 0 Å². The summed E-state index contributed by atoms with van der Waals surface area (Å²) in [6.45, 7) is 9.69. The zero-order valence-corrected chi connectivity index (χ0v) is 16.0. The third kappa shape index (κ3) is 5.09. The Hall–Kier alpha value is -2.32. The molecule has 1 fully saturated rings. The molecule has 2 amide bonds. The standard InChI is InChI=1S/C21H29N3O2/c1-5-6-11-23-12-14-24(15-13-23)21(26)19(16(2)3)22-20(25)18-10-8-7-9-17(18)4/h1,7-10,16,19H,6,11-15H2,2-4H3,(H,22,25)/t19-/m1/s1. The Balaban J connectivity index is 1.99. The first kappa shape index (κ1) is 20.0. The van der Waals surface area contributed by atoms with Crippen LogP contribution in [0.5, 0.6) is 0 Å². The van der Waals surface area contributed by atoms with Gasteiger partial charge in [0.2, 0.25) is 5.91 Å². The molecule has 1 N–H and O–H groups in total. The molecule has 5 heteroatoms. The lowest BCUT2D eigenvalue weighted by molar-refractivity contribution is -0.136. The second-order valence-electron chi connectivity index (χ2n) is 7.13. The van der Waals surface area contributed by atoms with Crippen LogP contribution in [0.1, 0.15) is 36.2 Å². The van der Waals surface area contributed by atoms with E-state index in [2.05, 4.69) is 16.1 Å². The van der Waals surface area contributed by atoms with E-state index in [0.717, 1.165) is 31.6 Å². The van der Waals surface area contributed by atoms with E-state index in [1.54, 1.807) is 6.07 Å². The summed E-state index contributed by atoms with van der Waals surface area (Å²) < 4.78 is 0. The zero-order valence-electron chi connectivity index (χ0n) is 16.0. The van der Waals surface area contributed by atoms with E-state index < -0.39 is 6.04 Å². The SMILES string of the molecule is C#CCCN1CCN(C(=O)[C@H](NC(=O)c2ccccc2C)C(C)C)CC1. The summed E-state index contributed by atoms with van der Waals surface area (Å²) >= 11 is 0. The van der Waals surface area contributed by atoms with Crippen LogP contribution in [-0.2, 0) is 4.79 Å². The summed E-state index contributed by atoms with van der Waals surface area (Å²) in [5.74, 6) is 2.48. The molecule has 1 aliphatic heterocycles. The molecule has 2 rings (SSSR count). The van der Waals surface area contributed by atoms with Gasteiger partial charge in [-0.3, -0.25) is 14.5 Å². The highest BCUT2D eigenvalue weighted by Gasteiger charge is 2.31. The van der Waals surface area contributed by atoms with E-state index in [0.29, 0.717) is 18.7 Å². The highest BCUT2D eigenvalue weighted by Crippen LogP contribution is 2.13. The first-order valence-corrected chi connectivity index (χ1v) is 9.25. The minimum atomic E-state index is -0.514. The van der Waals surface area contributed by atoms with Gasteiger partial charge >= 0.3 is 0 Å². The Kier molecular flexibility index (Phi) is 7.23. The summed E-state index contributed by atoms with van der Waals surface area (Å²) in [4.78, 5) is 29.7. The molecule has 0 radical (unpaired) electrons. The Bertz CT molecular complexity index is 670. The molecular formula is C21H29N3O2. The zero-order chi connectivity index (χ0) is 19.1. The number of piperazine rings is 1. The number of nitrogens with zero attached hydrogens (tertiary/aromatic N) is 2. The number of amides is 2. The van der Waals surface area contributed by atoms with Crippen LogP contribution in [0.2, 0.25) is 0 Å². The molecule has 5 nitrogen and oxygen atoms in total. The van der Waals surface area contributed by atoms with Crippen molar-refractivity contribution in [2.45, 2.75) is 33.2 Å². The van der Waals surface area contributed by atoms with Crippen LogP contribution in [-0.4, -0.2) is 60.4 Å². The van der Waals surface area contributed by atoms with Gasteiger partial charge in [-0.25, -0.2) is 0 Å². The predicted octanol–water partition coefficient (Wildman–Crippen LogP) is 1.92. The number of terminal acetylenes is 1. The average Bonchev–Trinajstić information content (AvgIpc) is 2.64. The van der Waals surface area contributed by atoms with Gasteiger partial charge in [-0.1, -0.05) is 32.0 Å². The Morgan fingerprint density at radius 2 is 1.85 bits per heavy atom. The first-order chi connectivity index (χ1) is 12.4. The maximum absolute atomic E-state index is 13.0. The molecule has 26 heavy (non-hydrogen) atoms. The van der Waals surface area contributed by atoms with Gasteiger partial charge in [0.1, 0.15) is 6.04 Å². The minimum Gasteiger partial charge on any atom is -0.340 e. The number of aryl methyl sites for hydroxylation is 1. The van der Waals surface area contributed by atoms with Crippen molar-refractivity contribution >= 4 is 11.8 Å². The van der Waals surface area contributed by atoms with Crippen molar-refractivity contribution in [3.05, 3.63) is 35.4 Å². The molecule has 140 valence electrons. The van der Waals surface area contributed by atoms with Crippen molar-refractivity contribution in [1.29, 1.82) is 0 Å². The minimum absolute atomic E-state index is 0.00136. The number of hydrogen-bond donors (Lipinski definition) is 1. The molecule has 0 unspecified atom stereocenters. The molecule has 1 saturated heterocycles. The third-order valence-electron chi connectivity index (χ3n) is 4.87. The van der Waals surface area contributed by atoms with Crippen LogP contribution in [0.4, 0.5) is 0 Å². The lowest BCUT2D eigenvalue weighted by Crippen LogP contribution is -2.56. The van der Waals surface area contributed by atoms with E-state index >= 15 is 0 Å². The molecule has 0 bridgehead atoms. The van der Waals surface area contributed by atoms with Crippen LogP contribution in [0.25, 0.3) is 0 Å². The highest BCUT2D eigenvalue weighted by atomic mass is 16.2. The summed E-state index contributed by atoms with van der Waals surface area (Å²) in [5, 5.41) is 2.95. The van der Waals surface area contributed by atoms with Gasteiger partial charge < -0.3 is 10.2 Å². The number of carbonyl (C=O) groups is 2. The number of benzene rings is 1. The fraction of sp³-hybridized carbons (Fsp3) is 0.524. The van der Waals surface area contributed by atoms with Crippen molar-refractivity contribution in [2.75, 3.05) is 32.7 Å². The monoisotopic (exact) mass is 355 g/mol. The van der Waals surface area contributed by atoms with Gasteiger partial charge in [0.15, 0.2) is 0 Å². The molecule has 0 spiro atoms. The Morgan fingerprint density at radius 1 is 1.19 bits per heavy atom. The predicted molar refractivity (Wildman–Crippen MR) is 104 cm³/mol. The van der Waals surface area contributed by atoms with E-state index in [1.165, 1.54) is 0 Å². The largest absolute Gasteiger partial charge is 0.340 e. The molecule has 0 saturated carbocycles. The van der Waals surface area contributed by atoms with Gasteiger partial charge in [-0.2, -0.15) is 0 Å². The van der Waals surface area contributed by atoms with Gasteiger partial charge in [0, 0.05) is 44.7 Å². The molecule has 1 atom stereocenters. The van der Waals surface area contributed by atoms with Crippen LogP contribution in [0.3, 0.4) is 0 Å². The van der Waals surface area contributed by atoms with Gasteiger partial charge in [0.25, 0.3) is 5.91 Å². The fourth-order valence-corrected chi connectivity index (χ4v) is 3.17. The van der Waals surface area contributed by atoms with Crippen molar-refractivity contribution in [3.8, 4) is 12.3 Å². The Morgan fingerprint density at radius 3 is 2.42 bits per heavy atom. The van der Waals surface area contributed by atoms with Crippen molar-refractivity contribution < 1.29 is 9.59 Å². The van der Waals surface area contributed by atoms with Crippen LogP contribution in [0, 0.1) is 25.2 Å². The van der Waals surface area contributed by atoms with Crippen molar-refractivity contribution in [3.63, 3.8) is 0 Å². The smallest absolute Gasteiger partial charge is 0.252 e. The first-order valence-electron chi connectivity index (χ1n) is 9.25. The number of nitrogens with one attached hydrogen (secondary N) is 1. The Labute approximate surface area is 156 Å². The molecule has 1 aromatic rings. The summed E-state index contributed by atoms with van der Waals surface area (Å²) in [7, 11) is 0. The topological polar surface area (TPSA) is 52.6 Å². The van der Waals surface area contributed by atoms with Gasteiger partial charge in [-0.05, 0) is 24.5 Å². The van der Waals surface area contributed by atoms with Crippen LogP contribution < -0.4 is 5.32 Å². The summed E-state index contributed by atoms with van der Waals surface area (Å²) in [6.07, 6.45) is 6.05. The van der Waals surface area contributed by atoms with E-state index in [4.69, 9.17) is 6.42 Å². The lowest BCUT2D eigenvalue weighted by atomic mass is 10.0. The number of hydrogen-bond acceptors (Lipinski definition) is 3. The van der Waals surface area contributed by atoms with Crippen molar-refractivity contribution in [2.24, 2.45) is 5.92 Å². The number of carbonyl (C=O) groups excluding carboxylic acids is 2. The van der Waals surface area contributed by atoms with Gasteiger partial charge in [0.05, 0.1) is 0 Å². The second-order valence-corrected chi connectivity index (χ2v) is 7.13. The molecule has 0 aliphatic carbocycles. The van der Waals surface area contributed by atoms with E-state index in [1.807, 2.05) is 43.9 Å². The van der Waals surface area contributed by atoms with E-state index in [9.17, 15) is 9.59 Å². The summed E-state index contributed by atoms with van der Waals surface area (Å²) in [5.41, 5.74) is 1.52. The summed E-state index contributed by atoms with van der Waals surface area (Å²) in [6, 6.07) is 6.91. The fourth-order valence-electron chi connectivity index (χ4n) is 3.17. The quantitative estimate of drug-likeness (QED) is 0.793. The van der Waals surface area contributed by atoms with Gasteiger partial charge in [-0.15, -0.1) is 12.3 Å². The van der Waals surface area contributed by atoms with Crippen molar-refractivity contribution in [1.82, 2.24) is 15.1 Å². The average molecular weight is 355 g/mol. The molecular weight excluding hydrogens is 326 g/mol. The highest BCUT2D eigenvalue weighted by molar-refractivity contribution is 5.98. The number of rotatable bonds is 6. The molecule has 1 aromatic carbocycles. The maximum Gasteiger partial charge on any atom is 0.252 e. The lowest BCUT2D eigenvalue weighted by Gasteiger charge is -2.37. The maximum atomic E-state index is 13.0. The molecule has 1 aliphatic rings. The van der Waals surface area contributed by atoms with Crippen LogP contribution in [0.15, 0.2) is 24.3 Å². The molecule has 0 aromatic heterocycles. The molecule has 1 heterocycles. The normalized spacial score (nSPS) is 16.2. The third-order valence-corrected chi connectivity index (χ3v) is 4.87.